The number of aryl methyl sites for hydroxylation is 1. The number of fused-ring (bicyclic) bond motifs is 1. The molecule has 1 fully saturated rings. The highest BCUT2D eigenvalue weighted by Gasteiger charge is 2.37. The van der Waals surface area contributed by atoms with Crippen molar-refractivity contribution in [1.29, 1.82) is 0 Å². The van der Waals surface area contributed by atoms with Gasteiger partial charge in [0.2, 0.25) is 5.91 Å². The molecule has 2 aliphatic heterocycles. The van der Waals surface area contributed by atoms with Crippen LogP contribution in [0, 0.1) is 12.8 Å². The van der Waals surface area contributed by atoms with Crippen LogP contribution in [-0.2, 0) is 16.8 Å². The van der Waals surface area contributed by atoms with Gasteiger partial charge in [-0.3, -0.25) is 14.6 Å². The summed E-state index contributed by atoms with van der Waals surface area (Å²) in [6.07, 6.45) is 3.80. The number of aromatic nitrogens is 1. The van der Waals surface area contributed by atoms with E-state index in [1.165, 1.54) is 16.7 Å². The maximum absolute atomic E-state index is 13.6. The molecule has 0 spiro atoms. The molecule has 0 bridgehead atoms. The molecule has 4 aromatic rings. The maximum atomic E-state index is 13.6. The van der Waals surface area contributed by atoms with Crippen molar-refractivity contribution in [3.05, 3.63) is 119 Å². The number of piperidine rings is 1. The number of anilines is 1. The molecule has 2 aliphatic rings. The van der Waals surface area contributed by atoms with Gasteiger partial charge in [0, 0.05) is 36.1 Å². The lowest BCUT2D eigenvalue weighted by molar-refractivity contribution is -0.134. The normalized spacial score (nSPS) is 16.4. The van der Waals surface area contributed by atoms with Crippen molar-refractivity contribution in [3.63, 3.8) is 0 Å². The highest BCUT2D eigenvalue weighted by atomic mass is 16.2. The van der Waals surface area contributed by atoms with Gasteiger partial charge in [-0.2, -0.15) is 0 Å². The predicted molar refractivity (Wildman–Crippen MR) is 169 cm³/mol. The molecular weight excluding hydrogens is 518 g/mol. The molecule has 3 heterocycles. The Labute approximate surface area is 249 Å². The Kier molecular flexibility index (Phi) is 7.44. The van der Waals surface area contributed by atoms with Gasteiger partial charge in [-0.05, 0) is 90.6 Å². The summed E-state index contributed by atoms with van der Waals surface area (Å²) in [4.78, 5) is 35.0. The van der Waals surface area contributed by atoms with Gasteiger partial charge in [0.25, 0.3) is 5.91 Å². The van der Waals surface area contributed by atoms with Crippen molar-refractivity contribution in [1.82, 2.24) is 9.88 Å². The molecule has 1 atom stereocenters. The zero-order valence-corrected chi connectivity index (χ0v) is 25.0. The molecule has 3 aromatic carbocycles. The van der Waals surface area contributed by atoms with Crippen LogP contribution in [0.15, 0.2) is 91.1 Å². The molecule has 5 heteroatoms. The summed E-state index contributed by atoms with van der Waals surface area (Å²) in [6.45, 7) is 11.0. The Morgan fingerprint density at radius 1 is 0.905 bits per heavy atom. The minimum atomic E-state index is -0.234. The van der Waals surface area contributed by atoms with E-state index in [0.717, 1.165) is 54.0 Å². The average Bonchev–Trinajstić information content (AvgIpc) is 3.37. The fourth-order valence-electron chi connectivity index (χ4n) is 6.92. The summed E-state index contributed by atoms with van der Waals surface area (Å²) in [5, 5.41) is 0. The number of hydrogen-bond donors (Lipinski definition) is 0. The number of carbonyl (C=O) groups excluding carboxylic acids is 2. The molecule has 6 rings (SSSR count). The van der Waals surface area contributed by atoms with Crippen molar-refractivity contribution in [2.24, 2.45) is 5.92 Å². The number of amides is 2. The van der Waals surface area contributed by atoms with Crippen LogP contribution in [0.3, 0.4) is 0 Å². The number of likely N-dealkylation sites (tertiary alicyclic amines) is 1. The second-order valence-electron chi connectivity index (χ2n) is 12.4. The van der Waals surface area contributed by atoms with E-state index >= 15 is 0 Å². The molecule has 0 saturated carbocycles. The maximum Gasteiger partial charge on any atom is 0.258 e. The zero-order valence-electron chi connectivity index (χ0n) is 25.0. The van der Waals surface area contributed by atoms with Gasteiger partial charge in [-0.25, -0.2) is 0 Å². The molecule has 0 aliphatic carbocycles. The number of nitrogens with zero attached hydrogens (tertiary/aromatic N) is 3. The Balaban J connectivity index is 1.12. The van der Waals surface area contributed by atoms with Gasteiger partial charge in [0.05, 0.1) is 18.2 Å². The molecule has 1 saturated heterocycles. The number of pyridine rings is 1. The van der Waals surface area contributed by atoms with E-state index in [2.05, 4.69) is 56.1 Å². The van der Waals surface area contributed by atoms with Crippen LogP contribution in [-0.4, -0.2) is 34.8 Å². The first-order chi connectivity index (χ1) is 20.3. The summed E-state index contributed by atoms with van der Waals surface area (Å²) in [6, 6.07) is 28.4. The Morgan fingerprint density at radius 2 is 1.62 bits per heavy atom. The Bertz CT molecular complexity index is 1600. The van der Waals surface area contributed by atoms with Gasteiger partial charge < -0.3 is 9.80 Å². The number of rotatable bonds is 6. The fourth-order valence-corrected chi connectivity index (χ4v) is 6.92. The summed E-state index contributed by atoms with van der Waals surface area (Å²) < 4.78 is 0. The summed E-state index contributed by atoms with van der Waals surface area (Å²) in [5.41, 5.74) is 8.44. The first-order valence-electron chi connectivity index (χ1n) is 15.1. The van der Waals surface area contributed by atoms with Crippen molar-refractivity contribution in [3.8, 4) is 11.3 Å². The molecule has 1 unspecified atom stereocenters. The van der Waals surface area contributed by atoms with Gasteiger partial charge in [0.15, 0.2) is 0 Å². The quantitative estimate of drug-likeness (QED) is 0.246. The summed E-state index contributed by atoms with van der Waals surface area (Å²) in [5.74, 6) is 0.435. The van der Waals surface area contributed by atoms with E-state index in [0.29, 0.717) is 12.5 Å². The molecular formula is C37H39N3O2. The predicted octanol–water partition coefficient (Wildman–Crippen LogP) is 7.54. The van der Waals surface area contributed by atoms with Crippen molar-refractivity contribution < 1.29 is 9.59 Å². The van der Waals surface area contributed by atoms with E-state index in [1.54, 1.807) is 4.90 Å². The van der Waals surface area contributed by atoms with Crippen LogP contribution >= 0.6 is 0 Å². The van der Waals surface area contributed by atoms with Crippen LogP contribution in [0.5, 0.6) is 0 Å². The smallest absolute Gasteiger partial charge is 0.258 e. The van der Waals surface area contributed by atoms with E-state index in [-0.39, 0.29) is 23.1 Å². The van der Waals surface area contributed by atoms with Crippen LogP contribution < -0.4 is 4.90 Å². The lowest BCUT2D eigenvalue weighted by Crippen LogP contribution is -2.44. The first-order valence-corrected chi connectivity index (χ1v) is 15.1. The SMILES string of the molecule is Cc1cccc(C(C)(C)C2CCN(C(=O)C(C)c3ccc(N4Cc5ccccc5C4=O)cc3)CC2)c1-c1ccccn1. The van der Waals surface area contributed by atoms with E-state index < -0.39 is 0 Å². The average molecular weight is 558 g/mol. The van der Waals surface area contributed by atoms with Crippen LogP contribution in [0.4, 0.5) is 5.69 Å². The molecule has 0 radical (unpaired) electrons. The van der Waals surface area contributed by atoms with Gasteiger partial charge in [-0.1, -0.05) is 68.4 Å². The standard InChI is InChI=1S/C37H39N3O2/c1-25-10-9-13-32(34(25)33-14-7-8-21-38-33)37(3,4)29-19-22-39(23-20-29)35(41)26(2)27-15-17-30(18-16-27)40-24-28-11-5-6-12-31(28)36(40)42/h5-18,21,26,29H,19-20,22-24H2,1-4H3. The summed E-state index contributed by atoms with van der Waals surface area (Å²) in [7, 11) is 0. The topological polar surface area (TPSA) is 53.5 Å². The summed E-state index contributed by atoms with van der Waals surface area (Å²) >= 11 is 0. The van der Waals surface area contributed by atoms with Gasteiger partial charge in [0.1, 0.15) is 0 Å². The van der Waals surface area contributed by atoms with Crippen LogP contribution in [0.2, 0.25) is 0 Å². The highest BCUT2D eigenvalue weighted by molar-refractivity contribution is 6.10. The molecule has 1 aromatic heterocycles. The molecule has 0 N–H and O–H groups in total. The third-order valence-electron chi connectivity index (χ3n) is 9.61. The third kappa shape index (κ3) is 5.02. The van der Waals surface area contributed by atoms with Crippen LogP contribution in [0.25, 0.3) is 11.3 Å². The molecule has 2 amide bonds. The van der Waals surface area contributed by atoms with Crippen LogP contribution in [0.1, 0.15) is 72.1 Å². The Morgan fingerprint density at radius 3 is 2.31 bits per heavy atom. The minimum Gasteiger partial charge on any atom is -0.342 e. The lowest BCUT2D eigenvalue weighted by atomic mass is 9.67. The lowest BCUT2D eigenvalue weighted by Gasteiger charge is -2.42. The van der Waals surface area contributed by atoms with Gasteiger partial charge in [-0.15, -0.1) is 0 Å². The zero-order chi connectivity index (χ0) is 29.4. The number of carbonyl (C=O) groups is 2. The third-order valence-corrected chi connectivity index (χ3v) is 9.61. The Hall–Kier alpha value is -4.25. The van der Waals surface area contributed by atoms with E-state index in [4.69, 9.17) is 0 Å². The largest absolute Gasteiger partial charge is 0.342 e. The van der Waals surface area contributed by atoms with Crippen molar-refractivity contribution >= 4 is 17.5 Å². The monoisotopic (exact) mass is 557 g/mol. The molecule has 214 valence electrons. The molecule has 42 heavy (non-hydrogen) atoms. The second kappa shape index (κ2) is 11.2. The van der Waals surface area contributed by atoms with E-state index in [9.17, 15) is 9.59 Å². The fraction of sp³-hybridized carbons (Fsp3) is 0.324. The first kappa shape index (κ1) is 27.9. The number of hydrogen-bond acceptors (Lipinski definition) is 3. The minimum absolute atomic E-state index is 0.0334. The van der Waals surface area contributed by atoms with E-state index in [1.807, 2.05) is 72.6 Å². The van der Waals surface area contributed by atoms with Crippen molar-refractivity contribution in [2.75, 3.05) is 18.0 Å². The molecule has 5 nitrogen and oxygen atoms in total. The second-order valence-corrected chi connectivity index (χ2v) is 12.4. The number of benzene rings is 3. The highest BCUT2D eigenvalue weighted by Crippen LogP contribution is 2.43. The van der Waals surface area contributed by atoms with Crippen molar-refractivity contribution in [2.45, 2.75) is 58.4 Å². The van der Waals surface area contributed by atoms with Gasteiger partial charge >= 0.3 is 0 Å².